The summed E-state index contributed by atoms with van der Waals surface area (Å²) in [6, 6.07) is 11.7. The number of likely N-dealkylation sites (N-methyl/N-ethyl adjacent to an activating group) is 1. The zero-order valence-corrected chi connectivity index (χ0v) is 25.6. The molecule has 0 fully saturated rings. The Hall–Kier alpha value is -3.75. The van der Waals surface area contributed by atoms with Gasteiger partial charge in [-0.2, -0.15) is 0 Å². The van der Waals surface area contributed by atoms with Crippen molar-refractivity contribution in [2.24, 2.45) is 4.99 Å². The number of methoxy groups -OCH3 is 1. The first-order valence-electron chi connectivity index (χ1n) is 14.0. The van der Waals surface area contributed by atoms with Gasteiger partial charge in [-0.25, -0.2) is 4.79 Å². The number of aliphatic imine (C=N–C) groups is 1. The minimum Gasteiger partial charge on any atom is -0.497 e. The second-order valence-corrected chi connectivity index (χ2v) is 11.5. The molecule has 2 aromatic carbocycles. The van der Waals surface area contributed by atoms with Crippen LogP contribution in [0.25, 0.3) is 0 Å². The molecule has 2 aromatic rings. The number of hydrogen-bond donors (Lipinski definition) is 0. The maximum Gasteiger partial charge on any atom is 0.330 e. The van der Waals surface area contributed by atoms with Crippen LogP contribution in [0.3, 0.4) is 0 Å². The standard InChI is InChI=1S/C32H34Cl2N4O4/c1-5-36-16-17-37(19-28(36)39)32(40)38-30(22-8-12-24(34)13-9-22)29(21-6-10-23(33)11-7-21)35-31(38)26-15-14-25(41-4)18-27(26)42-20(2)3/h6-8,10-12,14-18,20,29-30H,5,9,13,19H2,1-4H3. The predicted octanol–water partition coefficient (Wildman–Crippen LogP) is 6.91. The lowest BCUT2D eigenvalue weighted by molar-refractivity contribution is -0.129. The summed E-state index contributed by atoms with van der Waals surface area (Å²) in [6.07, 6.45) is 8.34. The van der Waals surface area contributed by atoms with E-state index in [1.165, 1.54) is 4.90 Å². The largest absolute Gasteiger partial charge is 0.497 e. The predicted molar refractivity (Wildman–Crippen MR) is 165 cm³/mol. The monoisotopic (exact) mass is 608 g/mol. The first kappa shape index (κ1) is 29.7. The molecule has 0 saturated carbocycles. The Morgan fingerprint density at radius 3 is 2.45 bits per heavy atom. The third-order valence-corrected chi connectivity index (χ3v) is 7.99. The number of ether oxygens (including phenoxy) is 2. The van der Waals surface area contributed by atoms with Crippen LogP contribution in [0, 0.1) is 0 Å². The van der Waals surface area contributed by atoms with Gasteiger partial charge in [-0.3, -0.25) is 19.6 Å². The molecule has 2 atom stereocenters. The molecule has 3 aliphatic rings. The highest BCUT2D eigenvalue weighted by Crippen LogP contribution is 2.43. The Labute approximate surface area is 256 Å². The van der Waals surface area contributed by atoms with E-state index in [1.807, 2.05) is 69.3 Å². The van der Waals surface area contributed by atoms with E-state index in [4.69, 9.17) is 37.7 Å². The molecule has 2 aliphatic heterocycles. The number of benzene rings is 2. The van der Waals surface area contributed by atoms with Crippen LogP contribution in [0.15, 0.2) is 82.6 Å². The molecule has 0 spiro atoms. The fraction of sp³-hybridized carbons (Fsp3) is 0.344. The van der Waals surface area contributed by atoms with E-state index in [9.17, 15) is 9.59 Å². The number of amides is 3. The zero-order valence-electron chi connectivity index (χ0n) is 24.1. The van der Waals surface area contributed by atoms with Crippen molar-refractivity contribution in [3.8, 4) is 11.5 Å². The van der Waals surface area contributed by atoms with Crippen molar-refractivity contribution in [1.29, 1.82) is 0 Å². The highest BCUT2D eigenvalue weighted by atomic mass is 35.5. The molecule has 0 bridgehead atoms. The van der Waals surface area contributed by atoms with Crippen molar-refractivity contribution >= 4 is 41.0 Å². The second-order valence-electron chi connectivity index (χ2n) is 10.5. The third kappa shape index (κ3) is 6.05. The summed E-state index contributed by atoms with van der Waals surface area (Å²) in [5.41, 5.74) is 2.56. The summed E-state index contributed by atoms with van der Waals surface area (Å²) in [5, 5.41) is 1.36. The lowest BCUT2D eigenvalue weighted by Crippen LogP contribution is -2.52. The quantitative estimate of drug-likeness (QED) is 0.342. The van der Waals surface area contributed by atoms with Crippen LogP contribution >= 0.6 is 23.2 Å². The van der Waals surface area contributed by atoms with Crippen molar-refractivity contribution < 1.29 is 19.1 Å². The lowest BCUT2D eigenvalue weighted by atomic mass is 9.89. The molecule has 5 rings (SSSR count). The van der Waals surface area contributed by atoms with Gasteiger partial charge in [-0.05, 0) is 75.1 Å². The summed E-state index contributed by atoms with van der Waals surface area (Å²) in [6.45, 7) is 6.22. The van der Waals surface area contributed by atoms with E-state index < -0.39 is 12.1 Å². The molecule has 42 heavy (non-hydrogen) atoms. The number of hydrogen-bond acceptors (Lipinski definition) is 5. The van der Waals surface area contributed by atoms with Gasteiger partial charge in [0.1, 0.15) is 29.9 Å². The number of carbonyl (C=O) groups excluding carboxylic acids is 2. The maximum atomic E-state index is 14.5. The molecule has 2 unspecified atom stereocenters. The Morgan fingerprint density at radius 2 is 1.83 bits per heavy atom. The minimum absolute atomic E-state index is 0.0754. The van der Waals surface area contributed by atoms with Gasteiger partial charge in [0.05, 0.1) is 24.8 Å². The van der Waals surface area contributed by atoms with Gasteiger partial charge in [-0.15, -0.1) is 0 Å². The van der Waals surface area contributed by atoms with E-state index in [2.05, 4.69) is 0 Å². The van der Waals surface area contributed by atoms with E-state index in [0.717, 1.165) is 16.2 Å². The SMILES string of the molecule is CCN1C=CN(C(=O)N2C(c3ccc(OC)cc3OC(C)C)=NC(c3ccc(Cl)cc3)C2C2=CC=C(Cl)CC2)CC1=O. The van der Waals surface area contributed by atoms with E-state index in [-0.39, 0.29) is 24.6 Å². The maximum absolute atomic E-state index is 14.5. The molecular formula is C32H34Cl2N4O4. The summed E-state index contributed by atoms with van der Waals surface area (Å²) in [7, 11) is 1.59. The molecule has 1 aliphatic carbocycles. The Kier molecular flexibility index (Phi) is 8.94. The smallest absolute Gasteiger partial charge is 0.330 e. The van der Waals surface area contributed by atoms with Gasteiger partial charge < -0.3 is 14.4 Å². The zero-order chi connectivity index (χ0) is 30.0. The van der Waals surface area contributed by atoms with Crippen LogP contribution in [-0.2, 0) is 4.79 Å². The molecule has 0 radical (unpaired) electrons. The molecule has 8 nitrogen and oxygen atoms in total. The molecule has 3 amide bonds. The molecule has 2 heterocycles. The second kappa shape index (κ2) is 12.6. The Bertz CT molecular complexity index is 1480. The van der Waals surface area contributed by atoms with Crippen molar-refractivity contribution in [2.75, 3.05) is 20.2 Å². The van der Waals surface area contributed by atoms with Crippen LogP contribution in [0.2, 0.25) is 5.02 Å². The van der Waals surface area contributed by atoms with Crippen LogP contribution in [-0.4, -0.2) is 64.8 Å². The van der Waals surface area contributed by atoms with Gasteiger partial charge in [-0.1, -0.05) is 41.4 Å². The van der Waals surface area contributed by atoms with Crippen molar-refractivity contribution in [3.05, 3.63) is 93.8 Å². The average Bonchev–Trinajstić information content (AvgIpc) is 3.37. The summed E-state index contributed by atoms with van der Waals surface area (Å²) in [4.78, 5) is 37.3. The molecule has 0 saturated heterocycles. The normalized spacial score (nSPS) is 20.5. The molecule has 220 valence electrons. The van der Waals surface area contributed by atoms with Crippen molar-refractivity contribution in [3.63, 3.8) is 0 Å². The number of carbonyl (C=O) groups is 2. The van der Waals surface area contributed by atoms with Gasteiger partial charge in [0.2, 0.25) is 5.91 Å². The van der Waals surface area contributed by atoms with Gasteiger partial charge >= 0.3 is 6.03 Å². The summed E-state index contributed by atoms with van der Waals surface area (Å²) < 4.78 is 11.7. The van der Waals surface area contributed by atoms with E-state index >= 15 is 0 Å². The highest BCUT2D eigenvalue weighted by molar-refractivity contribution is 6.30. The van der Waals surface area contributed by atoms with Crippen LogP contribution in [0.1, 0.15) is 50.8 Å². The fourth-order valence-electron chi connectivity index (χ4n) is 5.36. The Morgan fingerprint density at radius 1 is 1.07 bits per heavy atom. The fourth-order valence-corrected chi connectivity index (χ4v) is 5.64. The van der Waals surface area contributed by atoms with Gasteiger partial charge in [0, 0.05) is 35.1 Å². The first-order chi connectivity index (χ1) is 20.2. The number of allylic oxidation sites excluding steroid dienone is 3. The van der Waals surface area contributed by atoms with Crippen LogP contribution in [0.4, 0.5) is 4.79 Å². The number of amidine groups is 1. The summed E-state index contributed by atoms with van der Waals surface area (Å²) in [5.74, 6) is 1.45. The highest BCUT2D eigenvalue weighted by Gasteiger charge is 2.46. The number of nitrogens with zero attached hydrogens (tertiary/aromatic N) is 4. The van der Waals surface area contributed by atoms with E-state index in [0.29, 0.717) is 47.3 Å². The van der Waals surface area contributed by atoms with Crippen molar-refractivity contribution in [2.45, 2.75) is 51.8 Å². The summed E-state index contributed by atoms with van der Waals surface area (Å²) >= 11 is 12.6. The van der Waals surface area contributed by atoms with Gasteiger partial charge in [0.15, 0.2) is 0 Å². The minimum atomic E-state index is -0.476. The lowest BCUT2D eigenvalue weighted by Gasteiger charge is -2.36. The molecular weight excluding hydrogens is 575 g/mol. The molecule has 0 N–H and O–H groups in total. The van der Waals surface area contributed by atoms with E-state index in [1.54, 1.807) is 35.4 Å². The number of urea groups is 1. The molecule has 0 aromatic heterocycles. The van der Waals surface area contributed by atoms with Crippen LogP contribution < -0.4 is 9.47 Å². The number of rotatable bonds is 7. The van der Waals surface area contributed by atoms with Crippen molar-refractivity contribution in [1.82, 2.24) is 14.7 Å². The van der Waals surface area contributed by atoms with Crippen LogP contribution in [0.5, 0.6) is 11.5 Å². The number of halogens is 2. The third-order valence-electron chi connectivity index (χ3n) is 7.43. The first-order valence-corrected chi connectivity index (χ1v) is 14.8. The average molecular weight is 610 g/mol. The van der Waals surface area contributed by atoms with Gasteiger partial charge in [0.25, 0.3) is 0 Å². The Balaban J connectivity index is 1.69. The topological polar surface area (TPSA) is 74.7 Å². The molecule has 10 heteroatoms.